The van der Waals surface area contributed by atoms with E-state index in [1.807, 2.05) is 0 Å². The summed E-state index contributed by atoms with van der Waals surface area (Å²) in [5, 5.41) is 8.09. The molecule has 1 aliphatic rings. The zero-order chi connectivity index (χ0) is 18.4. The van der Waals surface area contributed by atoms with Gasteiger partial charge in [-0.25, -0.2) is 0 Å². The number of hydrogen-bond acceptors (Lipinski definition) is 3. The Morgan fingerprint density at radius 1 is 1.27 bits per heavy atom. The predicted molar refractivity (Wildman–Crippen MR) is 110 cm³/mol. The van der Waals surface area contributed by atoms with Crippen LogP contribution < -0.4 is 5.32 Å². The highest BCUT2D eigenvalue weighted by molar-refractivity contribution is 5.85. The van der Waals surface area contributed by atoms with Gasteiger partial charge in [0.15, 0.2) is 0 Å². The first-order chi connectivity index (χ1) is 11.9. The molecule has 1 aromatic heterocycles. The average Bonchev–Trinajstić information content (AvgIpc) is 2.84. The Bertz CT molecular complexity index is 562. The van der Waals surface area contributed by atoms with E-state index < -0.39 is 0 Å². The van der Waals surface area contributed by atoms with Crippen molar-refractivity contribution in [2.24, 2.45) is 11.8 Å². The van der Waals surface area contributed by atoms with Gasteiger partial charge in [0.05, 0.1) is 5.69 Å². The van der Waals surface area contributed by atoms with Gasteiger partial charge in [-0.1, -0.05) is 20.8 Å². The summed E-state index contributed by atoms with van der Waals surface area (Å²) in [5.74, 6) is 1.61. The largest absolute Gasteiger partial charge is 0.343 e. The lowest BCUT2D eigenvalue weighted by molar-refractivity contribution is -0.132. The lowest BCUT2D eigenvalue weighted by atomic mass is 9.96. The number of carbonyl (C=O) groups excluding carboxylic acids is 1. The predicted octanol–water partition coefficient (Wildman–Crippen LogP) is 3.36. The van der Waals surface area contributed by atoms with E-state index in [4.69, 9.17) is 0 Å². The third kappa shape index (κ3) is 6.27. The molecule has 150 valence electrons. The molecule has 1 N–H and O–H groups in total. The number of amides is 1. The minimum Gasteiger partial charge on any atom is -0.343 e. The number of rotatable bonds is 8. The Morgan fingerprint density at radius 3 is 2.50 bits per heavy atom. The lowest BCUT2D eigenvalue weighted by Crippen LogP contribution is -2.40. The number of nitrogens with zero attached hydrogens (tertiary/aromatic N) is 3. The van der Waals surface area contributed by atoms with Crippen LogP contribution in [0.3, 0.4) is 0 Å². The molecule has 0 aromatic carbocycles. The third-order valence-corrected chi connectivity index (χ3v) is 5.31. The topological polar surface area (TPSA) is 50.2 Å². The van der Waals surface area contributed by atoms with Crippen molar-refractivity contribution in [3.05, 3.63) is 17.0 Å². The van der Waals surface area contributed by atoms with E-state index >= 15 is 0 Å². The molecular formula is C20H37ClN4O. The number of aromatic nitrogens is 2. The molecule has 1 saturated heterocycles. The molecule has 2 rings (SSSR count). The Labute approximate surface area is 165 Å². The van der Waals surface area contributed by atoms with Crippen LogP contribution >= 0.6 is 12.4 Å². The summed E-state index contributed by atoms with van der Waals surface area (Å²) < 4.78 is 2.10. The molecule has 0 unspecified atom stereocenters. The Hall–Kier alpha value is -1.07. The van der Waals surface area contributed by atoms with Crippen molar-refractivity contribution >= 4 is 18.3 Å². The minimum atomic E-state index is 0. The fourth-order valence-corrected chi connectivity index (χ4v) is 3.74. The Morgan fingerprint density at radius 2 is 1.92 bits per heavy atom. The van der Waals surface area contributed by atoms with Crippen LogP contribution in [0.5, 0.6) is 0 Å². The first-order valence-electron chi connectivity index (χ1n) is 9.93. The molecule has 0 bridgehead atoms. The molecule has 0 spiro atoms. The van der Waals surface area contributed by atoms with Crippen molar-refractivity contribution in [3.8, 4) is 0 Å². The van der Waals surface area contributed by atoms with E-state index in [2.05, 4.69) is 54.6 Å². The van der Waals surface area contributed by atoms with Gasteiger partial charge in [-0.05, 0) is 63.6 Å². The number of likely N-dealkylation sites (tertiary alicyclic amines) is 1. The van der Waals surface area contributed by atoms with Gasteiger partial charge in [0.25, 0.3) is 0 Å². The lowest BCUT2D eigenvalue weighted by Gasteiger charge is -2.32. The maximum Gasteiger partial charge on any atom is 0.222 e. The summed E-state index contributed by atoms with van der Waals surface area (Å²) in [7, 11) is 0. The smallest absolute Gasteiger partial charge is 0.222 e. The van der Waals surface area contributed by atoms with Crippen LogP contribution in [0.25, 0.3) is 0 Å². The molecule has 1 amide bonds. The second-order valence-electron chi connectivity index (χ2n) is 7.86. The van der Waals surface area contributed by atoms with Gasteiger partial charge in [-0.2, -0.15) is 5.10 Å². The molecule has 2 heterocycles. The van der Waals surface area contributed by atoms with E-state index in [9.17, 15) is 4.79 Å². The van der Waals surface area contributed by atoms with Crippen molar-refractivity contribution in [3.63, 3.8) is 0 Å². The van der Waals surface area contributed by atoms with E-state index in [1.165, 1.54) is 11.3 Å². The quantitative estimate of drug-likeness (QED) is 0.747. The summed E-state index contributed by atoms with van der Waals surface area (Å²) in [4.78, 5) is 14.6. The maximum atomic E-state index is 12.6. The zero-order valence-corrected chi connectivity index (χ0v) is 18.0. The number of carbonyl (C=O) groups is 1. The van der Waals surface area contributed by atoms with Gasteiger partial charge in [-0.15, -0.1) is 12.4 Å². The van der Waals surface area contributed by atoms with E-state index in [0.717, 1.165) is 63.6 Å². The van der Waals surface area contributed by atoms with Gasteiger partial charge < -0.3 is 10.2 Å². The summed E-state index contributed by atoms with van der Waals surface area (Å²) in [6, 6.07) is 0. The van der Waals surface area contributed by atoms with Gasteiger partial charge in [0.1, 0.15) is 0 Å². The van der Waals surface area contributed by atoms with Crippen LogP contribution in [0.4, 0.5) is 0 Å². The maximum absolute atomic E-state index is 12.6. The van der Waals surface area contributed by atoms with Crippen LogP contribution in [0.15, 0.2) is 0 Å². The van der Waals surface area contributed by atoms with Crippen molar-refractivity contribution in [1.29, 1.82) is 0 Å². The van der Waals surface area contributed by atoms with Crippen molar-refractivity contribution in [2.45, 2.75) is 66.8 Å². The molecule has 6 heteroatoms. The third-order valence-electron chi connectivity index (χ3n) is 5.31. The van der Waals surface area contributed by atoms with E-state index in [-0.39, 0.29) is 12.4 Å². The normalized spacial score (nSPS) is 15.4. The molecule has 26 heavy (non-hydrogen) atoms. The van der Waals surface area contributed by atoms with Crippen molar-refractivity contribution < 1.29 is 4.79 Å². The SMILES string of the molecule is CCNCC1CCN(C(=O)CCc2c(C)nn(CC(C)C)c2C)CC1.Cl. The second-order valence-corrected chi connectivity index (χ2v) is 7.86. The van der Waals surface area contributed by atoms with Crippen LogP contribution in [0, 0.1) is 25.7 Å². The Balaban J connectivity index is 0.00000338. The Kier molecular flexibility index (Phi) is 9.66. The van der Waals surface area contributed by atoms with Crippen LogP contribution in [-0.4, -0.2) is 46.8 Å². The molecule has 0 atom stereocenters. The summed E-state index contributed by atoms with van der Waals surface area (Å²) in [5.41, 5.74) is 3.56. The number of hydrogen-bond donors (Lipinski definition) is 1. The highest BCUT2D eigenvalue weighted by atomic mass is 35.5. The molecule has 1 aromatic rings. The van der Waals surface area contributed by atoms with Gasteiger partial charge in [0, 0.05) is 31.7 Å². The first kappa shape index (κ1) is 23.0. The van der Waals surface area contributed by atoms with Crippen LogP contribution in [0.1, 0.15) is 57.0 Å². The number of piperidine rings is 1. The first-order valence-corrected chi connectivity index (χ1v) is 9.93. The number of halogens is 1. The van der Waals surface area contributed by atoms with E-state index in [0.29, 0.717) is 18.2 Å². The molecule has 0 radical (unpaired) electrons. The van der Waals surface area contributed by atoms with Gasteiger partial charge >= 0.3 is 0 Å². The fourth-order valence-electron chi connectivity index (χ4n) is 3.74. The minimum absolute atomic E-state index is 0. The average molecular weight is 385 g/mol. The summed E-state index contributed by atoms with van der Waals surface area (Å²) >= 11 is 0. The summed E-state index contributed by atoms with van der Waals surface area (Å²) in [6.07, 6.45) is 3.67. The molecule has 1 fully saturated rings. The van der Waals surface area contributed by atoms with Gasteiger partial charge in [0.2, 0.25) is 5.91 Å². The van der Waals surface area contributed by atoms with Crippen LogP contribution in [-0.2, 0) is 17.8 Å². The highest BCUT2D eigenvalue weighted by Crippen LogP contribution is 2.20. The molecule has 0 saturated carbocycles. The van der Waals surface area contributed by atoms with Gasteiger partial charge in [-0.3, -0.25) is 9.48 Å². The zero-order valence-electron chi connectivity index (χ0n) is 17.2. The fraction of sp³-hybridized carbons (Fsp3) is 0.800. The number of aryl methyl sites for hydroxylation is 1. The standard InChI is InChI=1S/C20H36N4O.ClH/c1-6-21-13-18-9-11-23(12-10-18)20(25)8-7-19-16(4)22-24(17(19)5)14-15(2)3;/h15,18,21H,6-14H2,1-5H3;1H. The second kappa shape index (κ2) is 10.9. The van der Waals surface area contributed by atoms with Crippen molar-refractivity contribution in [2.75, 3.05) is 26.2 Å². The van der Waals surface area contributed by atoms with Crippen LogP contribution in [0.2, 0.25) is 0 Å². The van der Waals surface area contributed by atoms with Crippen molar-refractivity contribution in [1.82, 2.24) is 20.0 Å². The van der Waals surface area contributed by atoms with E-state index in [1.54, 1.807) is 0 Å². The highest BCUT2D eigenvalue weighted by Gasteiger charge is 2.23. The number of nitrogens with one attached hydrogen (secondary N) is 1. The molecule has 1 aliphatic heterocycles. The molecule has 0 aliphatic carbocycles. The monoisotopic (exact) mass is 384 g/mol. The molecular weight excluding hydrogens is 348 g/mol. The summed E-state index contributed by atoms with van der Waals surface area (Å²) in [6.45, 7) is 15.7. The molecule has 5 nitrogen and oxygen atoms in total.